The van der Waals surface area contributed by atoms with E-state index in [9.17, 15) is 4.79 Å². The summed E-state index contributed by atoms with van der Waals surface area (Å²) in [6.45, 7) is 1.98. The number of amides is 1. The maximum atomic E-state index is 11.5. The van der Waals surface area contributed by atoms with Crippen LogP contribution in [0.4, 0.5) is 5.82 Å². The molecule has 0 bridgehead atoms. The summed E-state index contributed by atoms with van der Waals surface area (Å²) < 4.78 is 0. The van der Waals surface area contributed by atoms with E-state index in [-0.39, 0.29) is 5.91 Å². The van der Waals surface area contributed by atoms with E-state index in [4.69, 9.17) is 0 Å². The second kappa shape index (κ2) is 3.53. The Labute approximate surface area is 81.5 Å². The van der Waals surface area contributed by atoms with Gasteiger partial charge in [0.25, 0.3) is 5.91 Å². The molecule has 0 atom stereocenters. The third kappa shape index (κ3) is 1.48. The number of carbonyl (C=O) groups is 1. The zero-order chi connectivity index (χ0) is 9.97. The molecule has 2 rings (SSSR count). The highest BCUT2D eigenvalue weighted by Gasteiger charge is 2.24. The van der Waals surface area contributed by atoms with Crippen molar-refractivity contribution in [2.75, 3.05) is 5.01 Å². The van der Waals surface area contributed by atoms with Gasteiger partial charge in [0, 0.05) is 18.0 Å². The Kier molecular flexibility index (Phi) is 2.22. The fraction of sp³-hybridized carbons (Fsp3) is 0.333. The van der Waals surface area contributed by atoms with Crippen LogP contribution in [0.2, 0.25) is 0 Å². The van der Waals surface area contributed by atoms with Crippen LogP contribution in [0.25, 0.3) is 0 Å². The summed E-state index contributed by atoms with van der Waals surface area (Å²) in [5, 5.41) is 5.50. The largest absolute Gasteiger partial charge is 0.272 e. The van der Waals surface area contributed by atoms with E-state index in [1.54, 1.807) is 12.3 Å². The van der Waals surface area contributed by atoms with E-state index >= 15 is 0 Å². The summed E-state index contributed by atoms with van der Waals surface area (Å²) in [5.41, 5.74) is 0.897. The Balaban J connectivity index is 2.28. The molecule has 1 aliphatic rings. The smallest absolute Gasteiger partial charge is 0.254 e. The molecule has 0 unspecified atom stereocenters. The zero-order valence-corrected chi connectivity index (χ0v) is 7.84. The Hall–Kier alpha value is -1.78. The minimum atomic E-state index is -0.0273. The molecule has 1 aliphatic heterocycles. The van der Waals surface area contributed by atoms with Crippen LogP contribution in [-0.2, 0) is 4.79 Å². The number of anilines is 1. The average molecular weight is 190 g/mol. The highest BCUT2D eigenvalue weighted by molar-refractivity contribution is 6.12. The van der Waals surface area contributed by atoms with Gasteiger partial charge >= 0.3 is 0 Å². The van der Waals surface area contributed by atoms with E-state index in [1.807, 2.05) is 6.92 Å². The normalized spacial score (nSPS) is 15.9. The van der Waals surface area contributed by atoms with Gasteiger partial charge in [0.15, 0.2) is 5.82 Å². The maximum absolute atomic E-state index is 11.5. The van der Waals surface area contributed by atoms with Gasteiger partial charge in [-0.25, -0.2) is 9.97 Å². The van der Waals surface area contributed by atoms with Crippen LogP contribution >= 0.6 is 0 Å². The van der Waals surface area contributed by atoms with Crippen molar-refractivity contribution in [3.05, 3.63) is 18.6 Å². The van der Waals surface area contributed by atoms with E-state index < -0.39 is 0 Å². The molecule has 5 heteroatoms. The predicted octanol–water partition coefficient (Wildman–Crippen LogP) is 0.979. The zero-order valence-electron chi connectivity index (χ0n) is 7.84. The highest BCUT2D eigenvalue weighted by Crippen LogP contribution is 2.17. The van der Waals surface area contributed by atoms with Gasteiger partial charge in [-0.05, 0) is 6.42 Å². The van der Waals surface area contributed by atoms with Crippen molar-refractivity contribution < 1.29 is 4.79 Å². The van der Waals surface area contributed by atoms with Gasteiger partial charge in [-0.15, -0.1) is 0 Å². The van der Waals surface area contributed by atoms with Gasteiger partial charge in [-0.2, -0.15) is 10.1 Å². The molecule has 0 aromatic carbocycles. The lowest BCUT2D eigenvalue weighted by atomic mass is 10.2. The third-order valence-electron chi connectivity index (χ3n) is 2.02. The minimum Gasteiger partial charge on any atom is -0.272 e. The van der Waals surface area contributed by atoms with Crippen LogP contribution in [0.15, 0.2) is 23.7 Å². The molecule has 1 amide bonds. The van der Waals surface area contributed by atoms with Crippen molar-refractivity contribution in [3.63, 3.8) is 0 Å². The maximum Gasteiger partial charge on any atom is 0.254 e. The molecule has 2 heterocycles. The summed E-state index contributed by atoms with van der Waals surface area (Å²) in [6, 6.07) is 1.67. The topological polar surface area (TPSA) is 58.5 Å². The molecule has 1 aromatic heterocycles. The molecule has 1 aromatic rings. The third-order valence-corrected chi connectivity index (χ3v) is 2.02. The van der Waals surface area contributed by atoms with Crippen molar-refractivity contribution in [1.29, 1.82) is 0 Å². The second-order valence-corrected chi connectivity index (χ2v) is 2.97. The number of hydrazone groups is 1. The molecule has 0 saturated heterocycles. The van der Waals surface area contributed by atoms with Gasteiger partial charge in [0.1, 0.15) is 6.33 Å². The SMILES string of the molecule is CCC1=NN(c2ccncn2)C(=O)C1. The summed E-state index contributed by atoms with van der Waals surface area (Å²) >= 11 is 0. The molecule has 0 aliphatic carbocycles. The molecule has 0 fully saturated rings. The number of nitrogens with zero attached hydrogens (tertiary/aromatic N) is 4. The molecule has 0 spiro atoms. The van der Waals surface area contributed by atoms with Crippen molar-refractivity contribution in [1.82, 2.24) is 9.97 Å². The number of carbonyl (C=O) groups excluding carboxylic acids is 1. The number of rotatable bonds is 2. The fourth-order valence-corrected chi connectivity index (χ4v) is 1.27. The first-order chi connectivity index (χ1) is 6.81. The fourth-order valence-electron chi connectivity index (χ4n) is 1.27. The Morgan fingerprint density at radius 2 is 2.43 bits per heavy atom. The standard InChI is InChI=1S/C9H10N4O/c1-2-7-5-9(14)13(12-7)8-3-4-10-6-11-8/h3-4,6H,2,5H2,1H3. The van der Waals surface area contributed by atoms with Crippen molar-refractivity contribution in [3.8, 4) is 0 Å². The Morgan fingerprint density at radius 1 is 1.57 bits per heavy atom. The summed E-state index contributed by atoms with van der Waals surface area (Å²) in [5.74, 6) is 0.508. The Morgan fingerprint density at radius 3 is 3.00 bits per heavy atom. The van der Waals surface area contributed by atoms with Gasteiger partial charge in [-0.1, -0.05) is 6.92 Å². The van der Waals surface area contributed by atoms with Crippen LogP contribution < -0.4 is 5.01 Å². The molecular weight excluding hydrogens is 180 g/mol. The minimum absolute atomic E-state index is 0.0273. The van der Waals surface area contributed by atoms with Gasteiger partial charge in [0.2, 0.25) is 0 Å². The summed E-state index contributed by atoms with van der Waals surface area (Å²) in [7, 11) is 0. The van der Waals surface area contributed by atoms with Gasteiger partial charge in [-0.3, -0.25) is 4.79 Å². The lowest BCUT2D eigenvalue weighted by Crippen LogP contribution is -2.20. The first-order valence-corrected chi connectivity index (χ1v) is 4.46. The van der Waals surface area contributed by atoms with Crippen LogP contribution in [0, 0.1) is 0 Å². The van der Waals surface area contributed by atoms with Crippen molar-refractivity contribution >= 4 is 17.4 Å². The van der Waals surface area contributed by atoms with Crippen LogP contribution in [0.1, 0.15) is 19.8 Å². The van der Waals surface area contributed by atoms with E-state index in [2.05, 4.69) is 15.1 Å². The molecule has 0 N–H and O–H groups in total. The predicted molar refractivity (Wildman–Crippen MR) is 51.9 cm³/mol. The molecule has 0 saturated carbocycles. The molecule has 14 heavy (non-hydrogen) atoms. The monoisotopic (exact) mass is 190 g/mol. The van der Waals surface area contributed by atoms with Crippen LogP contribution in [0.3, 0.4) is 0 Å². The van der Waals surface area contributed by atoms with Crippen molar-refractivity contribution in [2.45, 2.75) is 19.8 Å². The van der Waals surface area contributed by atoms with E-state index in [0.29, 0.717) is 12.2 Å². The first-order valence-electron chi connectivity index (χ1n) is 4.46. The molecule has 72 valence electrons. The quantitative estimate of drug-likeness (QED) is 0.698. The molecule has 5 nitrogen and oxygen atoms in total. The number of aromatic nitrogens is 2. The second-order valence-electron chi connectivity index (χ2n) is 2.97. The van der Waals surface area contributed by atoms with Crippen molar-refractivity contribution in [2.24, 2.45) is 5.10 Å². The Bertz CT molecular complexity index is 374. The first kappa shape index (κ1) is 8.80. The van der Waals surface area contributed by atoms with E-state index in [0.717, 1.165) is 12.1 Å². The lowest BCUT2D eigenvalue weighted by molar-refractivity contribution is -0.116. The number of hydrogen-bond acceptors (Lipinski definition) is 4. The van der Waals surface area contributed by atoms with E-state index in [1.165, 1.54) is 11.3 Å². The lowest BCUT2D eigenvalue weighted by Gasteiger charge is -2.08. The summed E-state index contributed by atoms with van der Waals surface area (Å²) in [4.78, 5) is 19.2. The van der Waals surface area contributed by atoms with Crippen LogP contribution in [0.5, 0.6) is 0 Å². The highest BCUT2D eigenvalue weighted by atomic mass is 16.2. The van der Waals surface area contributed by atoms with Crippen LogP contribution in [-0.4, -0.2) is 21.6 Å². The number of hydrogen-bond donors (Lipinski definition) is 0. The molecular formula is C9H10N4O. The summed E-state index contributed by atoms with van der Waals surface area (Å²) in [6.07, 6.45) is 4.20. The average Bonchev–Trinajstić information content (AvgIpc) is 2.61. The van der Waals surface area contributed by atoms with Gasteiger partial charge < -0.3 is 0 Å². The van der Waals surface area contributed by atoms with Gasteiger partial charge in [0.05, 0.1) is 6.42 Å². The molecule has 0 radical (unpaired) electrons.